The Bertz CT molecular complexity index is 3360. The van der Waals surface area contributed by atoms with Gasteiger partial charge < -0.3 is 38.6 Å². The number of rotatable bonds is 15. The molecule has 4 aromatic rings. The smallest absolute Gasteiger partial charge is 0.415 e. The number of carbonyl (C=O) groups is 5. The Balaban J connectivity index is 0.693. The summed E-state index contributed by atoms with van der Waals surface area (Å²) in [6.45, 7) is 14.9. The van der Waals surface area contributed by atoms with Gasteiger partial charge in [-0.15, -0.1) is 0 Å². The number of hydrogen-bond donors (Lipinski definition) is 1. The van der Waals surface area contributed by atoms with Crippen molar-refractivity contribution in [2.24, 2.45) is 17.3 Å². The fourth-order valence-corrected chi connectivity index (χ4v) is 15.7. The van der Waals surface area contributed by atoms with Crippen molar-refractivity contribution >= 4 is 46.2 Å². The van der Waals surface area contributed by atoms with E-state index >= 15 is 0 Å². The van der Waals surface area contributed by atoms with E-state index in [4.69, 9.17) is 19.2 Å². The molecule has 430 valence electrons. The largest absolute Gasteiger partial charge is 0.458 e. The topological polar surface area (TPSA) is 181 Å². The molecule has 3 fully saturated rings. The number of aliphatic hydroxyl groups is 1. The van der Waals surface area contributed by atoms with Crippen LogP contribution in [0.5, 0.6) is 5.75 Å². The SMILES string of the molecule is CC[C@@]1(O)C(=O)OCc2c1cc1n(c2=O)Cc2cc3c(CN(C)C)c(OC(=O)N4C[C@@H](C)N(CCCCCCN(C)c5ccc(C6C[C@@]7(C)[C@@H](CC[C@]7(OC(C)=O)C(C)=O)[C@@H]7CCC8=CC(=O)CCC8=C67)cc5)C[C@@H]4C)ccc3nc2-1. The van der Waals surface area contributed by atoms with Crippen LogP contribution in [0.1, 0.15) is 152 Å². The van der Waals surface area contributed by atoms with Crippen molar-refractivity contribution in [3.8, 4) is 17.1 Å². The third kappa shape index (κ3) is 9.73. The standard InChI is InChI=1S/C65H80N6O10/c1-10-64(78)54-31-56-59-44(35-71(56)60(75)52(54)37-79-61(64)76)30-49-51(36-67(7)8)57(24-23-55(49)66-59)80-62(77)70-34-38(2)69(33-39(70)3)28-14-12-11-13-27-68(9)45-18-15-42(16-19-45)50-32-63(6)53(25-26-65(63,40(4)72)81-41(5)73)48-21-17-43-29-46(74)20-22-47(43)58(48)50/h15-16,18-19,23-24,29-31,38-39,48,50,53,78H,10-14,17,20-22,25-28,32-37H2,1-9H3/t38-,39+,48+,50?,53+,63+,64+,65+/m1/s1. The maximum Gasteiger partial charge on any atom is 0.415 e. The number of pyridine rings is 2. The summed E-state index contributed by atoms with van der Waals surface area (Å²) in [6, 6.07) is 16.4. The van der Waals surface area contributed by atoms with Crippen LogP contribution in [-0.4, -0.2) is 124 Å². The Morgan fingerprint density at radius 1 is 0.914 bits per heavy atom. The van der Waals surface area contributed by atoms with Crippen LogP contribution >= 0.6 is 0 Å². The van der Waals surface area contributed by atoms with Gasteiger partial charge in [-0.05, 0) is 170 Å². The van der Waals surface area contributed by atoms with Crippen molar-refractivity contribution in [2.45, 2.75) is 167 Å². The summed E-state index contributed by atoms with van der Waals surface area (Å²) in [5.41, 5.74) is 6.48. The van der Waals surface area contributed by atoms with Crippen LogP contribution in [0.3, 0.4) is 0 Å². The molecule has 1 unspecified atom stereocenters. The monoisotopic (exact) mass is 1100 g/mol. The van der Waals surface area contributed by atoms with Gasteiger partial charge in [-0.3, -0.25) is 24.1 Å². The maximum atomic E-state index is 14.1. The number of anilines is 1. The second-order valence-corrected chi connectivity index (χ2v) is 25.1. The zero-order valence-corrected chi connectivity index (χ0v) is 48.8. The van der Waals surface area contributed by atoms with Crippen molar-refractivity contribution in [1.82, 2.24) is 24.3 Å². The van der Waals surface area contributed by atoms with Crippen LogP contribution in [0, 0.1) is 17.3 Å². The quantitative estimate of drug-likeness (QED) is 0.0773. The van der Waals surface area contributed by atoms with Crippen molar-refractivity contribution in [1.29, 1.82) is 0 Å². The van der Waals surface area contributed by atoms with Gasteiger partial charge in [0.15, 0.2) is 22.8 Å². The first-order valence-corrected chi connectivity index (χ1v) is 29.6. The van der Waals surface area contributed by atoms with E-state index in [2.05, 4.69) is 61.9 Å². The summed E-state index contributed by atoms with van der Waals surface area (Å²) in [6.07, 6.45) is 11.1. The lowest BCUT2D eigenvalue weighted by Crippen LogP contribution is -2.58. The molecule has 1 amide bonds. The molecule has 0 spiro atoms. The highest BCUT2D eigenvalue weighted by Crippen LogP contribution is 2.68. The van der Waals surface area contributed by atoms with Crippen LogP contribution in [0.25, 0.3) is 22.3 Å². The van der Waals surface area contributed by atoms with Gasteiger partial charge in [0.1, 0.15) is 12.4 Å². The molecule has 8 atom stereocenters. The highest BCUT2D eigenvalue weighted by atomic mass is 16.6. The number of piperazine rings is 1. The Kier molecular flexibility index (Phi) is 15.1. The minimum Gasteiger partial charge on any atom is -0.458 e. The van der Waals surface area contributed by atoms with E-state index in [-0.39, 0.29) is 77.7 Å². The summed E-state index contributed by atoms with van der Waals surface area (Å²) in [4.78, 5) is 93.3. The molecule has 4 aliphatic carbocycles. The number of esters is 2. The first-order valence-electron chi connectivity index (χ1n) is 29.6. The molecule has 16 nitrogen and oxygen atoms in total. The van der Waals surface area contributed by atoms with Crippen LogP contribution in [0.4, 0.5) is 10.5 Å². The molecule has 2 aromatic heterocycles. The minimum atomic E-state index is -1.91. The van der Waals surface area contributed by atoms with E-state index < -0.39 is 34.6 Å². The zero-order valence-electron chi connectivity index (χ0n) is 48.8. The zero-order chi connectivity index (χ0) is 57.4. The maximum absolute atomic E-state index is 14.1. The predicted octanol–water partition coefficient (Wildman–Crippen LogP) is 9.52. The molecule has 7 aliphatic rings. The van der Waals surface area contributed by atoms with Crippen molar-refractivity contribution < 1.29 is 43.3 Å². The Labute approximate surface area is 475 Å². The number of Topliss-reactive ketones (excluding diaryl/α,β-unsaturated/α-hetero) is 1. The molecule has 5 heterocycles. The normalized spacial score (nSPS) is 27.7. The second-order valence-electron chi connectivity index (χ2n) is 25.1. The predicted molar refractivity (Wildman–Crippen MR) is 309 cm³/mol. The summed E-state index contributed by atoms with van der Waals surface area (Å²) < 4.78 is 19.3. The number of allylic oxidation sites excluding steroid dienone is 4. The lowest BCUT2D eigenvalue weighted by atomic mass is 9.50. The number of amides is 1. The number of unbranched alkanes of at least 4 members (excludes halogenated alkanes) is 3. The fourth-order valence-electron chi connectivity index (χ4n) is 15.7. The van der Waals surface area contributed by atoms with Gasteiger partial charge in [0.25, 0.3) is 5.56 Å². The van der Waals surface area contributed by atoms with Crippen molar-refractivity contribution in [3.63, 3.8) is 0 Å². The summed E-state index contributed by atoms with van der Waals surface area (Å²) >= 11 is 0. The molecule has 11 rings (SSSR count). The molecule has 3 aliphatic heterocycles. The van der Waals surface area contributed by atoms with Gasteiger partial charge in [-0.1, -0.05) is 44.4 Å². The molecular formula is C65H80N6O10. The number of nitrogens with zero attached hydrogens (tertiary/aromatic N) is 6. The van der Waals surface area contributed by atoms with Crippen molar-refractivity contribution in [2.75, 3.05) is 52.2 Å². The lowest BCUT2D eigenvalue weighted by Gasteiger charge is -2.55. The summed E-state index contributed by atoms with van der Waals surface area (Å²) in [5, 5.41) is 12.2. The van der Waals surface area contributed by atoms with Gasteiger partial charge in [0.05, 0.1) is 29.0 Å². The highest BCUT2D eigenvalue weighted by molar-refractivity contribution is 5.93. The molecular weight excluding hydrogens is 1020 g/mol. The average molecular weight is 1110 g/mol. The molecule has 2 aromatic carbocycles. The number of hydrogen-bond acceptors (Lipinski definition) is 14. The van der Waals surface area contributed by atoms with Crippen LogP contribution in [-0.2, 0) is 53.9 Å². The minimum absolute atomic E-state index is 0.0539. The van der Waals surface area contributed by atoms with E-state index in [0.717, 1.165) is 93.2 Å². The van der Waals surface area contributed by atoms with Crippen molar-refractivity contribution in [3.05, 3.63) is 109 Å². The first kappa shape index (κ1) is 56.4. The van der Waals surface area contributed by atoms with E-state index in [9.17, 15) is 33.9 Å². The number of cyclic esters (lactones) is 1. The number of benzene rings is 2. The van der Waals surface area contributed by atoms with Crippen LogP contribution < -0.4 is 15.2 Å². The van der Waals surface area contributed by atoms with Gasteiger partial charge in [-0.2, -0.15) is 0 Å². The number of aromatic nitrogens is 2. The van der Waals surface area contributed by atoms with E-state index in [0.29, 0.717) is 55.0 Å². The molecule has 2 saturated carbocycles. The van der Waals surface area contributed by atoms with Crippen LogP contribution in [0.15, 0.2) is 76.1 Å². The Morgan fingerprint density at radius 2 is 1.68 bits per heavy atom. The summed E-state index contributed by atoms with van der Waals surface area (Å²) in [5.74, 6) is -0.0102. The third-order valence-corrected chi connectivity index (χ3v) is 19.9. The van der Waals surface area contributed by atoms with Gasteiger partial charge >= 0.3 is 18.0 Å². The van der Waals surface area contributed by atoms with Gasteiger partial charge in [0.2, 0.25) is 0 Å². The molecule has 16 heteroatoms. The first-order chi connectivity index (χ1) is 38.7. The fraction of sp³-hybridized carbons (Fsp3) is 0.554. The molecule has 81 heavy (non-hydrogen) atoms. The van der Waals surface area contributed by atoms with Gasteiger partial charge in [0, 0.05) is 97.8 Å². The van der Waals surface area contributed by atoms with E-state index in [1.807, 2.05) is 42.1 Å². The number of ketones is 2. The lowest BCUT2D eigenvalue weighted by molar-refractivity contribution is -0.182. The van der Waals surface area contributed by atoms with Crippen LogP contribution in [0.2, 0.25) is 0 Å². The number of ether oxygens (including phenoxy) is 3. The molecule has 1 saturated heterocycles. The molecule has 0 radical (unpaired) electrons. The average Bonchev–Trinajstić information content (AvgIpc) is 3.99. The Hall–Kier alpha value is -6.49. The summed E-state index contributed by atoms with van der Waals surface area (Å²) in [7, 11) is 6.08. The van der Waals surface area contributed by atoms with E-state index in [1.54, 1.807) is 30.5 Å². The number of fused-ring (bicyclic) bond motifs is 9. The van der Waals surface area contributed by atoms with Gasteiger partial charge in [-0.25, -0.2) is 14.6 Å². The highest BCUT2D eigenvalue weighted by Gasteiger charge is 2.67. The van der Waals surface area contributed by atoms with E-state index in [1.165, 1.54) is 29.2 Å². The molecule has 0 bridgehead atoms. The molecule has 1 N–H and O–H groups in total. The Morgan fingerprint density at radius 3 is 2.41 bits per heavy atom. The third-order valence-electron chi connectivity index (χ3n) is 19.9. The second kappa shape index (κ2) is 21.7. The number of carbonyl (C=O) groups excluding carboxylic acids is 5.